The Morgan fingerprint density at radius 1 is 0.571 bits per heavy atom. The fourth-order valence-electron chi connectivity index (χ4n) is 7.55. The third-order valence-corrected chi connectivity index (χ3v) is 11.4. The summed E-state index contributed by atoms with van der Waals surface area (Å²) in [7, 11) is 4.62. The number of carbonyl (C=O) groups is 3. The molecule has 0 atom stereocenters. The molecule has 0 fully saturated rings. The van der Waals surface area contributed by atoms with Crippen molar-refractivity contribution >= 4 is 73.7 Å². The number of rotatable bonds is 14. The smallest absolute Gasteiger partial charge is 0.259 e. The number of azo groups is 2. The van der Waals surface area contributed by atoms with E-state index < -0.39 is 29.2 Å². The number of phenolic OH excluding ortho intramolecular Hbond substituents is 2. The van der Waals surface area contributed by atoms with E-state index in [2.05, 4.69) is 61.2 Å². The van der Waals surface area contributed by atoms with E-state index in [9.17, 15) is 29.9 Å². The molecule has 24 nitrogen and oxygen atoms in total. The van der Waals surface area contributed by atoms with Gasteiger partial charge in [0.1, 0.15) is 45.8 Å². The van der Waals surface area contributed by atoms with Gasteiger partial charge in [0.2, 0.25) is 0 Å². The van der Waals surface area contributed by atoms with Gasteiger partial charge in [-0.15, -0.1) is 20.5 Å². The van der Waals surface area contributed by atoms with E-state index in [-0.39, 0.29) is 51.1 Å². The summed E-state index contributed by atoms with van der Waals surface area (Å²) in [4.78, 5) is 54.8. The van der Waals surface area contributed by atoms with Gasteiger partial charge in [0.15, 0.2) is 34.8 Å². The third kappa shape index (κ3) is 10.8. The fourth-order valence-corrected chi connectivity index (χ4v) is 7.55. The van der Waals surface area contributed by atoms with Gasteiger partial charge >= 0.3 is 0 Å². The van der Waals surface area contributed by atoms with Crippen molar-refractivity contribution in [2.24, 2.45) is 26.2 Å². The average molecular weight is 1030 g/mol. The molecule has 6 N–H and O–H groups in total. The monoisotopic (exact) mass is 1030 g/mol. The van der Waals surface area contributed by atoms with Crippen LogP contribution in [0.3, 0.4) is 0 Å². The van der Waals surface area contributed by atoms with Crippen LogP contribution in [-0.4, -0.2) is 88.8 Å². The minimum absolute atomic E-state index is 0.0170. The molecular weight excluding hydrogens is 989 g/mol. The van der Waals surface area contributed by atoms with Crippen LogP contribution in [0.5, 0.6) is 28.7 Å². The van der Waals surface area contributed by atoms with Gasteiger partial charge in [0.05, 0.1) is 57.2 Å². The van der Waals surface area contributed by atoms with Crippen molar-refractivity contribution in [1.29, 1.82) is 5.26 Å². The number of primary amides is 1. The summed E-state index contributed by atoms with van der Waals surface area (Å²) >= 11 is 0. The Morgan fingerprint density at radius 2 is 1.06 bits per heavy atom. The highest BCUT2D eigenvalue weighted by molar-refractivity contribution is 6.13. The standard InChI is InChI=1S/C27H20N8O4.C26H20N8O4/c1-38-19-5-3-18(4-6-19)32-27(37)22-12-16-11-20(39-2)7-8-21(16)24(25(22)36)33-34-26-17(13-28)14-31-35(26)23-15-29-9-10-30-23;1-38-17-8-6-16(7-9-17)31-26(37)19-12-15-4-2-3-5-18(15)22(23(19)35)32-33-25-20(24(27)36)13-30-34(25)21-14-28-10-11-29-21/h3-12,14-15,36H,1-2H3,(H,32,37);2-14,35H,1H3,(H2,27,36)(H,31,37). The lowest BCUT2D eigenvalue weighted by Gasteiger charge is -2.12. The number of nitriles is 1. The highest BCUT2D eigenvalue weighted by Gasteiger charge is 2.23. The maximum atomic E-state index is 13.2. The van der Waals surface area contributed by atoms with E-state index in [4.69, 9.17) is 19.9 Å². The molecule has 0 aliphatic heterocycles. The first-order valence-electron chi connectivity index (χ1n) is 22.7. The SMILES string of the molecule is COc1ccc(NC(=O)c2cc3cc(OC)ccc3c(N=Nc3c(C#N)cnn3-c3cnccn3)c2O)cc1.COc1ccc(NC(=O)c2cc3ccccc3c(N=Nc3c(C(N)=O)cnn3-c3cnccn3)c2O)cc1. The summed E-state index contributed by atoms with van der Waals surface area (Å²) in [5.41, 5.74) is 6.60. The predicted octanol–water partition coefficient (Wildman–Crippen LogP) is 9.37. The van der Waals surface area contributed by atoms with Gasteiger partial charge in [-0.2, -0.15) is 24.8 Å². The number of nitrogens with zero attached hydrogens (tertiary/aromatic N) is 13. The molecule has 0 spiro atoms. The Labute approximate surface area is 435 Å². The Kier molecular flexibility index (Phi) is 14.8. The molecule has 0 bridgehead atoms. The van der Waals surface area contributed by atoms with Crippen LogP contribution in [-0.2, 0) is 0 Å². The molecule has 24 heteroatoms. The number of carbonyl (C=O) groups excluding carboxylic acids is 3. The van der Waals surface area contributed by atoms with Crippen molar-refractivity contribution in [1.82, 2.24) is 39.5 Å². The van der Waals surface area contributed by atoms with Crippen LogP contribution in [0, 0.1) is 11.3 Å². The van der Waals surface area contributed by atoms with E-state index in [1.165, 1.54) is 72.1 Å². The fraction of sp³-hybridized carbons (Fsp3) is 0.0566. The van der Waals surface area contributed by atoms with Gasteiger partial charge in [-0.3, -0.25) is 24.4 Å². The highest BCUT2D eigenvalue weighted by Crippen LogP contribution is 2.42. The first kappa shape index (κ1) is 50.5. The van der Waals surface area contributed by atoms with Gasteiger partial charge in [-0.05, 0) is 89.6 Å². The molecule has 3 amide bonds. The molecule has 6 aromatic carbocycles. The second-order valence-electron chi connectivity index (χ2n) is 16.0. The summed E-state index contributed by atoms with van der Waals surface area (Å²) in [6, 6.07) is 30.8. The molecule has 0 aliphatic rings. The van der Waals surface area contributed by atoms with Crippen molar-refractivity contribution in [2.75, 3.05) is 32.0 Å². The predicted molar refractivity (Wildman–Crippen MR) is 280 cm³/mol. The largest absolute Gasteiger partial charge is 0.505 e. The Balaban J connectivity index is 0.000000188. The summed E-state index contributed by atoms with van der Waals surface area (Å²) < 4.78 is 18.2. The normalized spacial score (nSPS) is 11.0. The molecule has 0 unspecified atom stereocenters. The molecule has 4 heterocycles. The molecule has 0 saturated carbocycles. The van der Waals surface area contributed by atoms with E-state index in [1.54, 1.807) is 111 Å². The minimum Gasteiger partial charge on any atom is -0.505 e. The van der Waals surface area contributed by atoms with E-state index >= 15 is 0 Å². The van der Waals surface area contributed by atoms with Gasteiger partial charge in [0.25, 0.3) is 17.7 Å². The first-order valence-corrected chi connectivity index (χ1v) is 22.7. The number of hydrogen-bond donors (Lipinski definition) is 5. The second-order valence-corrected chi connectivity index (χ2v) is 16.0. The summed E-state index contributed by atoms with van der Waals surface area (Å²) in [5, 5.41) is 64.9. The number of anilines is 2. The number of hydrogen-bond acceptors (Lipinski definition) is 19. The number of aromatic hydroxyl groups is 2. The lowest BCUT2D eigenvalue weighted by molar-refractivity contribution is 0.0996. The number of methoxy groups -OCH3 is 3. The molecule has 10 rings (SSSR count). The van der Waals surface area contributed by atoms with Gasteiger partial charge < -0.3 is 40.8 Å². The number of nitrogens with two attached hydrogens (primary N) is 1. The maximum absolute atomic E-state index is 13.2. The number of ether oxygens (including phenoxy) is 3. The number of benzene rings is 6. The number of aromatic nitrogens is 8. The second kappa shape index (κ2) is 22.5. The minimum atomic E-state index is -0.782. The number of nitrogens with one attached hydrogen (secondary N) is 2. The Bertz CT molecular complexity index is 3940. The zero-order chi connectivity index (χ0) is 54.0. The van der Waals surface area contributed by atoms with Gasteiger partial charge in [0, 0.05) is 46.9 Å². The molecule has 10 aromatic rings. The van der Waals surface area contributed by atoms with E-state index in [0.717, 1.165) is 0 Å². The first-order chi connectivity index (χ1) is 37.5. The zero-order valence-corrected chi connectivity index (χ0v) is 40.7. The van der Waals surface area contributed by atoms with Crippen LogP contribution in [0.25, 0.3) is 33.2 Å². The molecule has 0 saturated heterocycles. The molecule has 0 aliphatic carbocycles. The van der Waals surface area contributed by atoms with E-state index in [0.29, 0.717) is 56.0 Å². The lowest BCUT2D eigenvalue weighted by Crippen LogP contribution is -2.12. The topological polar surface area (TPSA) is 330 Å². The summed E-state index contributed by atoms with van der Waals surface area (Å²) in [5.74, 6) is -0.239. The maximum Gasteiger partial charge on any atom is 0.259 e. The van der Waals surface area contributed by atoms with Crippen LogP contribution in [0.15, 0.2) is 173 Å². The Morgan fingerprint density at radius 3 is 1.58 bits per heavy atom. The number of fused-ring (bicyclic) bond motifs is 2. The van der Waals surface area contributed by atoms with Gasteiger partial charge in [-0.1, -0.05) is 24.3 Å². The van der Waals surface area contributed by atoms with E-state index in [1.807, 2.05) is 6.07 Å². The number of amides is 3. The van der Waals surface area contributed by atoms with Crippen LogP contribution < -0.4 is 30.6 Å². The highest BCUT2D eigenvalue weighted by atomic mass is 16.5. The van der Waals surface area contributed by atoms with Crippen molar-refractivity contribution in [3.05, 3.63) is 175 Å². The molecular formula is C53H40N16O8. The summed E-state index contributed by atoms with van der Waals surface area (Å²) in [6.07, 6.45) is 11.3. The van der Waals surface area contributed by atoms with Crippen LogP contribution in [0.1, 0.15) is 36.6 Å². The van der Waals surface area contributed by atoms with Crippen molar-refractivity contribution in [3.63, 3.8) is 0 Å². The van der Waals surface area contributed by atoms with Crippen LogP contribution in [0.2, 0.25) is 0 Å². The molecule has 380 valence electrons. The lowest BCUT2D eigenvalue weighted by atomic mass is 10.0. The molecule has 77 heavy (non-hydrogen) atoms. The molecule has 0 radical (unpaired) electrons. The summed E-state index contributed by atoms with van der Waals surface area (Å²) in [6.45, 7) is 0. The van der Waals surface area contributed by atoms with Crippen molar-refractivity contribution < 1.29 is 38.8 Å². The quantitative estimate of drug-likeness (QED) is 0.0633. The number of phenols is 2. The zero-order valence-electron chi connectivity index (χ0n) is 40.7. The van der Waals surface area contributed by atoms with Crippen LogP contribution in [0.4, 0.5) is 34.4 Å². The van der Waals surface area contributed by atoms with Crippen LogP contribution >= 0.6 is 0 Å². The molecule has 4 aromatic heterocycles. The average Bonchev–Trinajstić information content (AvgIpc) is 4.10. The van der Waals surface area contributed by atoms with Crippen molar-refractivity contribution in [2.45, 2.75) is 0 Å². The third-order valence-electron chi connectivity index (χ3n) is 11.4. The Hall–Kier alpha value is -11.5. The van der Waals surface area contributed by atoms with Crippen molar-refractivity contribution in [3.8, 4) is 46.5 Å². The van der Waals surface area contributed by atoms with Gasteiger partial charge in [-0.25, -0.2) is 9.97 Å².